The Kier molecular flexibility index (Phi) is 5.19. The zero-order valence-electron chi connectivity index (χ0n) is 16.9. The van der Waals surface area contributed by atoms with E-state index in [1.54, 1.807) is 29.1 Å². The molecule has 0 unspecified atom stereocenters. The van der Waals surface area contributed by atoms with E-state index >= 15 is 0 Å². The van der Waals surface area contributed by atoms with Gasteiger partial charge in [-0.3, -0.25) is 9.67 Å². The van der Waals surface area contributed by atoms with Crippen LogP contribution in [0.25, 0.3) is 33.6 Å². The highest BCUT2D eigenvalue weighted by molar-refractivity contribution is 7.89. The van der Waals surface area contributed by atoms with Crippen molar-refractivity contribution in [1.82, 2.24) is 19.5 Å². The van der Waals surface area contributed by atoms with Crippen molar-refractivity contribution in [1.29, 1.82) is 0 Å². The molecule has 0 atom stereocenters. The van der Waals surface area contributed by atoms with Crippen LogP contribution in [-0.4, -0.2) is 41.4 Å². The summed E-state index contributed by atoms with van der Waals surface area (Å²) in [5, 5.41) is 13.4. The molecule has 1 aromatic carbocycles. The van der Waals surface area contributed by atoms with Crippen LogP contribution in [0.3, 0.4) is 0 Å². The van der Waals surface area contributed by atoms with Gasteiger partial charge in [-0.15, -0.1) is 0 Å². The average Bonchev–Trinajstić information content (AvgIpc) is 3.26. The van der Waals surface area contributed by atoms with Gasteiger partial charge in [-0.25, -0.2) is 13.1 Å². The molecule has 9 heteroatoms. The Morgan fingerprint density at radius 3 is 2.70 bits per heavy atom. The predicted octanol–water partition coefficient (Wildman–Crippen LogP) is 2.78. The van der Waals surface area contributed by atoms with E-state index in [2.05, 4.69) is 14.8 Å². The Morgan fingerprint density at radius 2 is 2.00 bits per heavy atom. The summed E-state index contributed by atoms with van der Waals surface area (Å²) >= 11 is 0. The molecule has 0 amide bonds. The molecule has 0 aliphatic rings. The molecule has 3 heterocycles. The fourth-order valence-electron chi connectivity index (χ4n) is 3.51. The molecule has 30 heavy (non-hydrogen) atoms. The number of fused-ring (bicyclic) bond motifs is 1. The molecule has 0 spiro atoms. The van der Waals surface area contributed by atoms with Gasteiger partial charge in [-0.1, -0.05) is 12.1 Å². The summed E-state index contributed by atoms with van der Waals surface area (Å²) < 4.78 is 35.2. The maximum Gasteiger partial charge on any atom is 0.240 e. The lowest BCUT2D eigenvalue weighted by Crippen LogP contribution is -2.26. The first-order valence-electron chi connectivity index (χ1n) is 9.42. The smallest absolute Gasteiger partial charge is 0.240 e. The van der Waals surface area contributed by atoms with Crippen molar-refractivity contribution in [2.45, 2.75) is 18.7 Å². The summed E-state index contributed by atoms with van der Waals surface area (Å²) in [6.07, 6.45) is 1.67. The average molecular weight is 426 g/mol. The maximum atomic E-state index is 12.4. The van der Waals surface area contributed by atoms with E-state index in [4.69, 9.17) is 9.52 Å². The number of pyridine rings is 1. The lowest BCUT2D eigenvalue weighted by molar-refractivity contribution is 0.301. The van der Waals surface area contributed by atoms with Gasteiger partial charge in [0.05, 0.1) is 22.8 Å². The number of hydrogen-bond donors (Lipinski definition) is 2. The van der Waals surface area contributed by atoms with Gasteiger partial charge in [0.2, 0.25) is 10.0 Å². The van der Waals surface area contributed by atoms with Gasteiger partial charge >= 0.3 is 0 Å². The van der Waals surface area contributed by atoms with Crippen molar-refractivity contribution in [3.05, 3.63) is 54.0 Å². The van der Waals surface area contributed by atoms with Gasteiger partial charge in [-0.2, -0.15) is 5.10 Å². The molecule has 4 rings (SSSR count). The van der Waals surface area contributed by atoms with Crippen LogP contribution in [-0.2, 0) is 17.1 Å². The van der Waals surface area contributed by atoms with E-state index in [0.29, 0.717) is 22.4 Å². The lowest BCUT2D eigenvalue weighted by atomic mass is 10.1. The first kappa shape index (κ1) is 20.3. The number of sulfonamides is 1. The van der Waals surface area contributed by atoms with Crippen molar-refractivity contribution < 1.29 is 17.9 Å². The second-order valence-electron chi connectivity index (χ2n) is 7.00. The first-order chi connectivity index (χ1) is 14.3. The monoisotopic (exact) mass is 426 g/mol. The highest BCUT2D eigenvalue weighted by Gasteiger charge is 2.19. The fraction of sp³-hybridized carbons (Fsp3) is 0.238. The summed E-state index contributed by atoms with van der Waals surface area (Å²) in [5.41, 5.74) is 5.45. The van der Waals surface area contributed by atoms with Crippen LogP contribution in [0.2, 0.25) is 0 Å². The summed E-state index contributed by atoms with van der Waals surface area (Å²) in [4.78, 5) is 4.53. The van der Waals surface area contributed by atoms with Crippen LogP contribution < -0.4 is 4.72 Å². The Balaban J connectivity index is 1.83. The van der Waals surface area contributed by atoms with E-state index in [9.17, 15) is 8.42 Å². The number of aromatic nitrogens is 3. The molecule has 0 radical (unpaired) electrons. The molecular weight excluding hydrogens is 404 g/mol. The summed E-state index contributed by atoms with van der Waals surface area (Å²) in [6, 6.07) is 10.3. The van der Waals surface area contributed by atoms with Crippen LogP contribution in [0.4, 0.5) is 0 Å². The second-order valence-corrected chi connectivity index (χ2v) is 8.77. The molecule has 3 aromatic heterocycles. The number of furan rings is 1. The Labute approximate surface area is 174 Å². The van der Waals surface area contributed by atoms with Gasteiger partial charge in [0.1, 0.15) is 11.3 Å². The Hall–Kier alpha value is -3.01. The molecule has 0 bridgehead atoms. The predicted molar refractivity (Wildman–Crippen MR) is 113 cm³/mol. The van der Waals surface area contributed by atoms with Crippen LogP contribution in [0.1, 0.15) is 11.4 Å². The third kappa shape index (κ3) is 3.51. The number of hydrogen-bond acceptors (Lipinski definition) is 6. The first-order valence-corrected chi connectivity index (χ1v) is 10.9. The molecule has 0 fully saturated rings. The van der Waals surface area contributed by atoms with Crippen molar-refractivity contribution in [2.75, 3.05) is 13.2 Å². The molecular formula is C21H22N4O4S. The topological polar surface area (TPSA) is 110 Å². The van der Waals surface area contributed by atoms with Gasteiger partial charge in [0.25, 0.3) is 0 Å². The van der Waals surface area contributed by atoms with Gasteiger partial charge in [0.15, 0.2) is 5.58 Å². The summed E-state index contributed by atoms with van der Waals surface area (Å²) in [5.74, 6) is 0.668. The summed E-state index contributed by atoms with van der Waals surface area (Å²) in [7, 11) is -1.84. The Morgan fingerprint density at radius 1 is 1.20 bits per heavy atom. The SMILES string of the molecule is Cc1nn(C)c(C)c1-c1cc2nccc(-c3cccc(S(=O)(=O)NCCO)c3)c2o1. The van der Waals surface area contributed by atoms with Crippen LogP contribution in [0.5, 0.6) is 0 Å². The highest BCUT2D eigenvalue weighted by Crippen LogP contribution is 2.36. The van der Waals surface area contributed by atoms with Crippen molar-refractivity contribution in [2.24, 2.45) is 7.05 Å². The number of aliphatic hydroxyl groups is 1. The number of nitrogens with one attached hydrogen (secondary N) is 1. The van der Waals surface area contributed by atoms with Gasteiger partial charge in [0, 0.05) is 37.1 Å². The standard InChI is InChI=1S/C21H22N4O4S/c1-13-20(14(2)25(3)24-13)19-12-18-21(29-19)17(7-8-22-18)15-5-4-6-16(11-15)30(27,28)23-9-10-26/h4-8,11-12,23,26H,9-10H2,1-3H3. The maximum absolute atomic E-state index is 12.4. The van der Waals surface area contributed by atoms with Crippen molar-refractivity contribution in [3.8, 4) is 22.5 Å². The quantitative estimate of drug-likeness (QED) is 0.491. The minimum absolute atomic E-state index is 0.0442. The molecule has 4 aromatic rings. The highest BCUT2D eigenvalue weighted by atomic mass is 32.2. The van der Waals surface area contributed by atoms with E-state index < -0.39 is 10.0 Å². The fourth-order valence-corrected chi connectivity index (χ4v) is 4.58. The van der Waals surface area contributed by atoms with E-state index in [1.807, 2.05) is 33.0 Å². The number of aryl methyl sites for hydroxylation is 2. The number of rotatable bonds is 6. The molecule has 156 valence electrons. The van der Waals surface area contributed by atoms with Crippen molar-refractivity contribution in [3.63, 3.8) is 0 Å². The molecule has 0 aliphatic heterocycles. The number of benzene rings is 1. The zero-order valence-corrected chi connectivity index (χ0v) is 17.7. The van der Waals surface area contributed by atoms with E-state index in [0.717, 1.165) is 22.5 Å². The minimum Gasteiger partial charge on any atom is -0.454 e. The molecule has 0 saturated heterocycles. The lowest BCUT2D eigenvalue weighted by Gasteiger charge is -2.08. The normalized spacial score (nSPS) is 12.0. The van der Waals surface area contributed by atoms with Gasteiger partial charge < -0.3 is 9.52 Å². The van der Waals surface area contributed by atoms with Crippen LogP contribution in [0.15, 0.2) is 51.9 Å². The zero-order chi connectivity index (χ0) is 21.5. The van der Waals surface area contributed by atoms with Crippen molar-refractivity contribution >= 4 is 21.1 Å². The molecule has 0 saturated carbocycles. The Bertz CT molecular complexity index is 1340. The minimum atomic E-state index is -3.72. The second kappa shape index (κ2) is 7.67. The molecule has 2 N–H and O–H groups in total. The van der Waals surface area contributed by atoms with Gasteiger partial charge in [-0.05, 0) is 37.6 Å². The summed E-state index contributed by atoms with van der Waals surface area (Å²) in [6.45, 7) is 3.59. The largest absolute Gasteiger partial charge is 0.454 e. The van der Waals surface area contributed by atoms with E-state index in [1.165, 1.54) is 6.07 Å². The molecule has 8 nitrogen and oxygen atoms in total. The number of nitrogens with zero attached hydrogens (tertiary/aromatic N) is 3. The third-order valence-electron chi connectivity index (χ3n) is 5.03. The van der Waals surface area contributed by atoms with Crippen LogP contribution >= 0.6 is 0 Å². The molecule has 0 aliphatic carbocycles. The van der Waals surface area contributed by atoms with E-state index in [-0.39, 0.29) is 18.0 Å². The van der Waals surface area contributed by atoms with Crippen LogP contribution in [0, 0.1) is 13.8 Å². The number of aliphatic hydroxyl groups excluding tert-OH is 1. The third-order valence-corrected chi connectivity index (χ3v) is 6.49.